The molecule has 2 nitrogen and oxygen atoms in total. The van der Waals surface area contributed by atoms with Gasteiger partial charge in [0, 0.05) is 17.3 Å². The highest BCUT2D eigenvalue weighted by atomic mass is 16.1. The van der Waals surface area contributed by atoms with Crippen molar-refractivity contribution in [2.24, 2.45) is 0 Å². The lowest BCUT2D eigenvalue weighted by atomic mass is 10.2. The summed E-state index contributed by atoms with van der Waals surface area (Å²) in [5.41, 5.74) is 1.70. The van der Waals surface area contributed by atoms with Crippen molar-refractivity contribution in [2.45, 2.75) is 0 Å². The predicted octanol–water partition coefficient (Wildman–Crippen LogP) is 3.23. The first-order valence-corrected chi connectivity index (χ1v) is 5.94. The molecular weight excluding hydrogens is 234 g/mol. The summed E-state index contributed by atoms with van der Waals surface area (Å²) in [5, 5.41) is 2.75. The summed E-state index contributed by atoms with van der Waals surface area (Å²) in [4.78, 5) is 11.6. The van der Waals surface area contributed by atoms with E-state index in [1.54, 1.807) is 6.08 Å². The van der Waals surface area contributed by atoms with Crippen molar-refractivity contribution in [1.82, 2.24) is 0 Å². The molecule has 0 saturated heterocycles. The summed E-state index contributed by atoms with van der Waals surface area (Å²) < 4.78 is 0. The van der Waals surface area contributed by atoms with Crippen LogP contribution in [-0.4, -0.2) is 5.91 Å². The highest BCUT2D eigenvalue weighted by Gasteiger charge is 1.94. The lowest BCUT2D eigenvalue weighted by molar-refractivity contribution is -0.111. The molecule has 0 saturated carbocycles. The highest BCUT2D eigenvalue weighted by Crippen LogP contribution is 2.04. The third-order valence-corrected chi connectivity index (χ3v) is 2.35. The number of carbonyl (C=O) groups excluding carboxylic acids is 1. The molecule has 2 aromatic rings. The molecule has 0 atom stereocenters. The maximum absolute atomic E-state index is 11.6. The maximum Gasteiger partial charge on any atom is 0.249 e. The van der Waals surface area contributed by atoms with E-state index in [1.165, 1.54) is 6.08 Å². The normalized spacial score (nSPS) is 9.68. The number of benzene rings is 2. The first kappa shape index (κ1) is 12.7. The Hall–Kier alpha value is -2.79. The van der Waals surface area contributed by atoms with Crippen molar-refractivity contribution in [3.05, 3.63) is 78.4 Å². The Kier molecular flexibility index (Phi) is 4.55. The standard InChI is InChI=1S/C17H13NO/c19-17(18-16-12-5-2-6-13-16)14-8-7-11-15-9-3-1-4-10-15/h1-6,8-10,12-14H,(H,18,19). The number of allylic oxidation sites excluding steroid dienone is 1. The molecule has 0 fully saturated rings. The molecule has 92 valence electrons. The number of carbonyl (C=O) groups is 1. The highest BCUT2D eigenvalue weighted by molar-refractivity contribution is 5.99. The van der Waals surface area contributed by atoms with Gasteiger partial charge in [0.25, 0.3) is 0 Å². The van der Waals surface area contributed by atoms with E-state index in [-0.39, 0.29) is 5.91 Å². The Morgan fingerprint density at radius 1 is 0.947 bits per heavy atom. The van der Waals surface area contributed by atoms with Gasteiger partial charge in [-0.3, -0.25) is 4.79 Å². The molecule has 0 aliphatic carbocycles. The largest absolute Gasteiger partial charge is 0.322 e. The number of hydrogen-bond donors (Lipinski definition) is 1. The van der Waals surface area contributed by atoms with Crippen molar-refractivity contribution in [3.8, 4) is 11.8 Å². The van der Waals surface area contributed by atoms with E-state index < -0.39 is 0 Å². The Morgan fingerprint density at radius 2 is 1.58 bits per heavy atom. The number of nitrogens with one attached hydrogen (secondary N) is 1. The van der Waals surface area contributed by atoms with Crippen LogP contribution in [0.1, 0.15) is 5.56 Å². The fraction of sp³-hybridized carbons (Fsp3) is 0. The van der Waals surface area contributed by atoms with Crippen LogP contribution in [0, 0.1) is 11.8 Å². The number of amides is 1. The molecule has 1 N–H and O–H groups in total. The van der Waals surface area contributed by atoms with Crippen LogP contribution in [0.2, 0.25) is 0 Å². The smallest absolute Gasteiger partial charge is 0.249 e. The van der Waals surface area contributed by atoms with Gasteiger partial charge in [0.05, 0.1) is 0 Å². The zero-order chi connectivity index (χ0) is 13.3. The molecule has 2 aromatic carbocycles. The SMILES string of the molecule is O=C(C=CC#Cc1ccccc1)Nc1ccccc1. The summed E-state index contributed by atoms with van der Waals surface area (Å²) in [6.07, 6.45) is 2.97. The Balaban J connectivity index is 1.90. The molecule has 0 aliphatic rings. The van der Waals surface area contributed by atoms with Crippen molar-refractivity contribution in [1.29, 1.82) is 0 Å². The molecule has 0 spiro atoms. The lowest BCUT2D eigenvalue weighted by Crippen LogP contribution is -2.07. The van der Waals surface area contributed by atoms with Crippen molar-refractivity contribution in [2.75, 3.05) is 5.32 Å². The summed E-state index contributed by atoms with van der Waals surface area (Å²) in [7, 11) is 0. The molecular formula is C17H13NO. The van der Waals surface area contributed by atoms with Crippen molar-refractivity contribution in [3.63, 3.8) is 0 Å². The fourth-order valence-electron chi connectivity index (χ4n) is 1.47. The van der Waals surface area contributed by atoms with Crippen molar-refractivity contribution >= 4 is 11.6 Å². The van der Waals surface area contributed by atoms with Crippen LogP contribution in [-0.2, 0) is 4.79 Å². The summed E-state index contributed by atoms with van der Waals surface area (Å²) >= 11 is 0. The Labute approximate surface area is 112 Å². The lowest BCUT2D eigenvalue weighted by Gasteiger charge is -1.99. The number of hydrogen-bond acceptors (Lipinski definition) is 1. The van der Waals surface area contributed by atoms with E-state index in [0.29, 0.717) is 0 Å². The Morgan fingerprint density at radius 3 is 2.26 bits per heavy atom. The van der Waals surface area contributed by atoms with Gasteiger partial charge in [-0.2, -0.15) is 0 Å². The molecule has 19 heavy (non-hydrogen) atoms. The summed E-state index contributed by atoms with van der Waals surface area (Å²) in [5.74, 6) is 5.59. The molecule has 0 unspecified atom stereocenters. The molecule has 1 amide bonds. The van der Waals surface area contributed by atoms with E-state index >= 15 is 0 Å². The second-order valence-corrected chi connectivity index (χ2v) is 3.82. The molecule has 0 aromatic heterocycles. The van der Waals surface area contributed by atoms with Gasteiger partial charge in [0.15, 0.2) is 0 Å². The van der Waals surface area contributed by atoms with Gasteiger partial charge in [-0.15, -0.1) is 0 Å². The van der Waals surface area contributed by atoms with E-state index in [9.17, 15) is 4.79 Å². The monoisotopic (exact) mass is 247 g/mol. The second-order valence-electron chi connectivity index (χ2n) is 3.82. The first-order chi connectivity index (χ1) is 9.34. The zero-order valence-corrected chi connectivity index (χ0v) is 10.3. The molecule has 2 rings (SSSR count). The topological polar surface area (TPSA) is 29.1 Å². The third kappa shape index (κ3) is 4.53. The van der Waals surface area contributed by atoms with Crippen LogP contribution in [0.5, 0.6) is 0 Å². The van der Waals surface area contributed by atoms with E-state index in [1.807, 2.05) is 60.7 Å². The Bertz CT molecular complexity index is 619. The predicted molar refractivity (Wildman–Crippen MR) is 77.5 cm³/mol. The second kappa shape index (κ2) is 6.83. The van der Waals surface area contributed by atoms with Crippen LogP contribution in [0.4, 0.5) is 5.69 Å². The van der Waals surface area contributed by atoms with Gasteiger partial charge >= 0.3 is 0 Å². The first-order valence-electron chi connectivity index (χ1n) is 5.94. The summed E-state index contributed by atoms with van der Waals surface area (Å²) in [6.45, 7) is 0. The van der Waals surface area contributed by atoms with Crippen LogP contribution in [0.25, 0.3) is 0 Å². The van der Waals surface area contributed by atoms with Gasteiger partial charge in [-0.25, -0.2) is 0 Å². The average molecular weight is 247 g/mol. The quantitative estimate of drug-likeness (QED) is 0.640. The van der Waals surface area contributed by atoms with Crippen molar-refractivity contribution < 1.29 is 4.79 Å². The van der Waals surface area contributed by atoms with Crippen LogP contribution in [0.3, 0.4) is 0 Å². The minimum absolute atomic E-state index is 0.187. The van der Waals surface area contributed by atoms with E-state index in [2.05, 4.69) is 17.2 Å². The summed E-state index contributed by atoms with van der Waals surface area (Å²) in [6, 6.07) is 18.9. The molecule has 0 aliphatic heterocycles. The van der Waals surface area contributed by atoms with Gasteiger partial charge < -0.3 is 5.32 Å². The molecule has 0 bridgehead atoms. The third-order valence-electron chi connectivity index (χ3n) is 2.35. The molecule has 0 radical (unpaired) electrons. The number of para-hydroxylation sites is 1. The molecule has 2 heteroatoms. The van der Waals surface area contributed by atoms with Gasteiger partial charge in [0.1, 0.15) is 0 Å². The van der Waals surface area contributed by atoms with Crippen LogP contribution < -0.4 is 5.32 Å². The van der Waals surface area contributed by atoms with E-state index in [0.717, 1.165) is 11.3 Å². The number of rotatable bonds is 2. The minimum Gasteiger partial charge on any atom is -0.322 e. The van der Waals surface area contributed by atoms with Crippen LogP contribution >= 0.6 is 0 Å². The van der Waals surface area contributed by atoms with Gasteiger partial charge in [0.2, 0.25) is 5.91 Å². The minimum atomic E-state index is -0.187. The molecule has 0 heterocycles. The van der Waals surface area contributed by atoms with Gasteiger partial charge in [-0.1, -0.05) is 48.2 Å². The maximum atomic E-state index is 11.6. The fourth-order valence-corrected chi connectivity index (χ4v) is 1.47. The zero-order valence-electron chi connectivity index (χ0n) is 10.3. The number of anilines is 1. The average Bonchev–Trinajstić information content (AvgIpc) is 2.46. The van der Waals surface area contributed by atoms with Gasteiger partial charge in [-0.05, 0) is 30.3 Å². The van der Waals surface area contributed by atoms with E-state index in [4.69, 9.17) is 0 Å². The van der Waals surface area contributed by atoms with Crippen LogP contribution in [0.15, 0.2) is 72.8 Å².